The zero-order valence-electron chi connectivity index (χ0n) is 11.1. The van der Waals surface area contributed by atoms with Gasteiger partial charge in [0, 0.05) is 13.1 Å². The van der Waals surface area contributed by atoms with Gasteiger partial charge in [-0.3, -0.25) is 4.90 Å². The van der Waals surface area contributed by atoms with Crippen molar-refractivity contribution in [2.75, 3.05) is 26.2 Å². The number of hydrogen-bond acceptors (Lipinski definition) is 3. The minimum atomic E-state index is -0.240. The molecule has 2 N–H and O–H groups in total. The maximum Gasteiger partial charge on any atom is 0.137 e. The van der Waals surface area contributed by atoms with Crippen molar-refractivity contribution in [2.24, 2.45) is 5.73 Å². The van der Waals surface area contributed by atoms with Crippen LogP contribution in [0.5, 0.6) is 0 Å². The Hall–Kier alpha value is -0.490. The zero-order valence-corrected chi connectivity index (χ0v) is 12.7. The molecule has 2 unspecified atom stereocenters. The van der Waals surface area contributed by atoms with Crippen LogP contribution in [-0.2, 0) is 4.74 Å². The van der Waals surface area contributed by atoms with Gasteiger partial charge in [-0.2, -0.15) is 0 Å². The fraction of sp³-hybridized carbons (Fsp3) is 0.571. The number of benzene rings is 1. The summed E-state index contributed by atoms with van der Waals surface area (Å²) in [5, 5.41) is 0. The van der Waals surface area contributed by atoms with E-state index in [-0.39, 0.29) is 18.0 Å². The summed E-state index contributed by atoms with van der Waals surface area (Å²) in [6, 6.07) is 5.31. The summed E-state index contributed by atoms with van der Waals surface area (Å²) in [5.41, 5.74) is 6.74. The van der Waals surface area contributed by atoms with Crippen LogP contribution in [0, 0.1) is 5.82 Å². The van der Waals surface area contributed by atoms with Crippen LogP contribution in [0.4, 0.5) is 4.39 Å². The van der Waals surface area contributed by atoms with Crippen molar-refractivity contribution in [1.29, 1.82) is 0 Å². The van der Waals surface area contributed by atoms with Gasteiger partial charge < -0.3 is 10.5 Å². The molecule has 1 aromatic rings. The molecule has 0 aliphatic carbocycles. The number of hydrogen-bond donors (Lipinski definition) is 1. The Balaban J connectivity index is 2.30. The van der Waals surface area contributed by atoms with Gasteiger partial charge in [-0.15, -0.1) is 0 Å². The summed E-state index contributed by atoms with van der Waals surface area (Å²) in [4.78, 5) is 2.34. The van der Waals surface area contributed by atoms with E-state index in [9.17, 15) is 4.39 Å². The average molecular weight is 331 g/mol. The van der Waals surface area contributed by atoms with Crippen LogP contribution >= 0.6 is 15.9 Å². The monoisotopic (exact) mass is 330 g/mol. The highest BCUT2D eigenvalue weighted by molar-refractivity contribution is 9.10. The SMILES string of the molecule is CCCN1CCOC(CN)C1c1ccc(Br)c(F)c1. The first kappa shape index (κ1) is 14.9. The van der Waals surface area contributed by atoms with Crippen molar-refractivity contribution in [3.05, 3.63) is 34.1 Å². The third-order valence-electron chi connectivity index (χ3n) is 3.48. The van der Waals surface area contributed by atoms with E-state index >= 15 is 0 Å². The number of nitrogens with zero attached hydrogens (tertiary/aromatic N) is 1. The molecular weight excluding hydrogens is 311 g/mol. The summed E-state index contributed by atoms with van der Waals surface area (Å²) in [5.74, 6) is -0.240. The van der Waals surface area contributed by atoms with Crippen LogP contribution in [0.15, 0.2) is 22.7 Å². The Morgan fingerprint density at radius 2 is 2.32 bits per heavy atom. The van der Waals surface area contributed by atoms with Gasteiger partial charge in [-0.05, 0) is 46.6 Å². The molecule has 3 nitrogen and oxygen atoms in total. The fourth-order valence-corrected chi connectivity index (χ4v) is 2.89. The molecule has 2 rings (SSSR count). The lowest BCUT2D eigenvalue weighted by molar-refractivity contribution is -0.0677. The number of halogens is 2. The van der Waals surface area contributed by atoms with E-state index in [2.05, 4.69) is 27.8 Å². The molecule has 1 aliphatic rings. The lowest BCUT2D eigenvalue weighted by Gasteiger charge is -2.41. The van der Waals surface area contributed by atoms with E-state index in [1.165, 1.54) is 0 Å². The molecule has 2 atom stereocenters. The first-order chi connectivity index (χ1) is 9.17. The normalized spacial score (nSPS) is 24.6. The number of ether oxygens (including phenoxy) is 1. The van der Waals surface area contributed by atoms with E-state index in [0.29, 0.717) is 17.6 Å². The number of nitrogens with two attached hydrogens (primary N) is 1. The molecule has 1 aromatic carbocycles. The molecule has 5 heteroatoms. The molecular formula is C14H20BrFN2O. The van der Waals surface area contributed by atoms with Gasteiger partial charge in [0.25, 0.3) is 0 Å². The first-order valence-corrected chi connectivity index (χ1v) is 7.47. The van der Waals surface area contributed by atoms with Gasteiger partial charge in [-0.25, -0.2) is 4.39 Å². The van der Waals surface area contributed by atoms with Crippen molar-refractivity contribution in [3.63, 3.8) is 0 Å². The zero-order chi connectivity index (χ0) is 13.8. The summed E-state index contributed by atoms with van der Waals surface area (Å²) < 4.78 is 20.0. The van der Waals surface area contributed by atoms with Crippen molar-refractivity contribution < 1.29 is 9.13 Å². The molecule has 0 amide bonds. The van der Waals surface area contributed by atoms with Crippen molar-refractivity contribution in [1.82, 2.24) is 4.90 Å². The summed E-state index contributed by atoms with van der Waals surface area (Å²) in [6.45, 7) is 5.13. The van der Waals surface area contributed by atoms with E-state index < -0.39 is 0 Å². The number of morpholine rings is 1. The van der Waals surface area contributed by atoms with Gasteiger partial charge in [0.05, 0.1) is 23.2 Å². The van der Waals surface area contributed by atoms with Crippen molar-refractivity contribution in [3.8, 4) is 0 Å². The summed E-state index contributed by atoms with van der Waals surface area (Å²) in [7, 11) is 0. The Morgan fingerprint density at radius 1 is 1.53 bits per heavy atom. The first-order valence-electron chi connectivity index (χ1n) is 6.68. The van der Waals surface area contributed by atoms with Crippen molar-refractivity contribution in [2.45, 2.75) is 25.5 Å². The standard InChI is InChI=1S/C14H20BrFN2O/c1-2-5-18-6-7-19-13(9-17)14(18)10-3-4-11(15)12(16)8-10/h3-4,8,13-14H,2,5-7,9,17H2,1H3. The minimum absolute atomic E-state index is 0.0429. The van der Waals surface area contributed by atoms with Gasteiger partial charge >= 0.3 is 0 Å². The van der Waals surface area contributed by atoms with Crippen LogP contribution in [-0.4, -0.2) is 37.2 Å². The smallest absolute Gasteiger partial charge is 0.137 e. The average Bonchev–Trinajstić information content (AvgIpc) is 2.42. The van der Waals surface area contributed by atoms with E-state index in [0.717, 1.165) is 25.1 Å². The molecule has 1 saturated heterocycles. The molecule has 1 aliphatic heterocycles. The second kappa shape index (κ2) is 6.79. The van der Waals surface area contributed by atoms with E-state index in [1.54, 1.807) is 12.1 Å². The maximum absolute atomic E-state index is 13.7. The van der Waals surface area contributed by atoms with Crippen LogP contribution in [0.1, 0.15) is 24.9 Å². The molecule has 1 fully saturated rings. The Kier molecular flexibility index (Phi) is 5.33. The van der Waals surface area contributed by atoms with Gasteiger partial charge in [0.1, 0.15) is 5.82 Å². The highest BCUT2D eigenvalue weighted by Crippen LogP contribution is 2.31. The molecule has 106 valence electrons. The third-order valence-corrected chi connectivity index (χ3v) is 4.13. The van der Waals surface area contributed by atoms with Crippen molar-refractivity contribution >= 4 is 15.9 Å². The molecule has 0 aromatic heterocycles. The summed E-state index contributed by atoms with van der Waals surface area (Å²) >= 11 is 3.19. The quantitative estimate of drug-likeness (QED) is 0.922. The summed E-state index contributed by atoms with van der Waals surface area (Å²) in [6.07, 6.45) is 0.994. The molecule has 19 heavy (non-hydrogen) atoms. The third kappa shape index (κ3) is 3.34. The van der Waals surface area contributed by atoms with Gasteiger partial charge in [0.2, 0.25) is 0 Å². The molecule has 0 bridgehead atoms. The molecule has 1 heterocycles. The second-order valence-corrected chi connectivity index (χ2v) is 5.65. The molecule has 0 saturated carbocycles. The fourth-order valence-electron chi connectivity index (χ4n) is 2.64. The second-order valence-electron chi connectivity index (χ2n) is 4.80. The Morgan fingerprint density at radius 3 is 2.95 bits per heavy atom. The predicted molar refractivity (Wildman–Crippen MR) is 77.5 cm³/mol. The van der Waals surface area contributed by atoms with Crippen LogP contribution < -0.4 is 5.73 Å². The lowest BCUT2D eigenvalue weighted by Crippen LogP contribution is -2.48. The highest BCUT2D eigenvalue weighted by atomic mass is 79.9. The lowest BCUT2D eigenvalue weighted by atomic mass is 9.97. The minimum Gasteiger partial charge on any atom is -0.374 e. The van der Waals surface area contributed by atoms with Gasteiger partial charge in [-0.1, -0.05) is 13.0 Å². The highest BCUT2D eigenvalue weighted by Gasteiger charge is 2.32. The van der Waals surface area contributed by atoms with Gasteiger partial charge in [0.15, 0.2) is 0 Å². The van der Waals surface area contributed by atoms with Crippen LogP contribution in [0.2, 0.25) is 0 Å². The Labute approximate surface area is 122 Å². The Bertz CT molecular complexity index is 428. The van der Waals surface area contributed by atoms with Crippen LogP contribution in [0.3, 0.4) is 0 Å². The molecule has 0 radical (unpaired) electrons. The van der Waals surface area contributed by atoms with Crippen LogP contribution in [0.25, 0.3) is 0 Å². The van der Waals surface area contributed by atoms with E-state index in [1.807, 2.05) is 6.07 Å². The topological polar surface area (TPSA) is 38.5 Å². The predicted octanol–water partition coefficient (Wildman–Crippen LogP) is 2.70. The number of rotatable bonds is 4. The van der Waals surface area contributed by atoms with E-state index in [4.69, 9.17) is 10.5 Å². The molecule has 0 spiro atoms. The largest absolute Gasteiger partial charge is 0.374 e. The maximum atomic E-state index is 13.7.